The maximum absolute atomic E-state index is 2.39. The summed E-state index contributed by atoms with van der Waals surface area (Å²) in [5.74, 6) is 0. The van der Waals surface area contributed by atoms with Crippen molar-refractivity contribution in [1.82, 2.24) is 0 Å². The molecule has 0 aliphatic rings. The molecule has 198 valence electrons. The van der Waals surface area contributed by atoms with Crippen LogP contribution in [0.15, 0.2) is 164 Å². The molecule has 0 saturated heterocycles. The van der Waals surface area contributed by atoms with E-state index in [2.05, 4.69) is 169 Å². The third-order valence-electron chi connectivity index (χ3n) is 8.02. The van der Waals surface area contributed by atoms with E-state index in [0.29, 0.717) is 0 Å². The monoisotopic (exact) mass is 553 g/mol. The second kappa shape index (κ2) is 10.3. The van der Waals surface area contributed by atoms with Gasteiger partial charge in [0.05, 0.1) is 0 Å². The predicted octanol–water partition coefficient (Wildman–Crippen LogP) is 12.0. The number of nitrogens with zero attached hydrogens (tertiary/aromatic N) is 1. The Bertz CT molecular complexity index is 2140. The molecule has 0 radical (unpaired) electrons. The van der Waals surface area contributed by atoms with E-state index >= 15 is 0 Å². The summed E-state index contributed by atoms with van der Waals surface area (Å²) in [7, 11) is 0. The summed E-state index contributed by atoms with van der Waals surface area (Å²) < 4.78 is 2.65. The molecule has 0 aliphatic heterocycles. The van der Waals surface area contributed by atoms with Gasteiger partial charge < -0.3 is 4.90 Å². The molecular weight excluding hydrogens is 527 g/mol. The maximum atomic E-state index is 2.39. The average Bonchev–Trinajstić information content (AvgIpc) is 3.42. The molecule has 8 aromatic rings. The minimum Gasteiger partial charge on any atom is -0.310 e. The highest BCUT2D eigenvalue weighted by Gasteiger charge is 2.17. The molecule has 7 aromatic carbocycles. The molecule has 0 bridgehead atoms. The molecule has 1 nitrogen and oxygen atoms in total. The van der Waals surface area contributed by atoms with E-state index in [4.69, 9.17) is 0 Å². The quantitative estimate of drug-likeness (QED) is 0.205. The van der Waals surface area contributed by atoms with E-state index in [-0.39, 0.29) is 0 Å². The molecule has 0 spiro atoms. The van der Waals surface area contributed by atoms with Gasteiger partial charge in [-0.25, -0.2) is 0 Å². The van der Waals surface area contributed by atoms with Crippen LogP contribution in [0.25, 0.3) is 53.2 Å². The zero-order valence-corrected chi connectivity index (χ0v) is 23.8. The van der Waals surface area contributed by atoms with Crippen LogP contribution in [0.2, 0.25) is 0 Å². The second-order valence-electron chi connectivity index (χ2n) is 10.6. The summed E-state index contributed by atoms with van der Waals surface area (Å²) in [6.07, 6.45) is 0. The molecule has 1 heterocycles. The van der Waals surface area contributed by atoms with Crippen LogP contribution in [-0.4, -0.2) is 0 Å². The number of fused-ring (bicyclic) bond motifs is 4. The average molecular weight is 554 g/mol. The van der Waals surface area contributed by atoms with Crippen LogP contribution in [0.1, 0.15) is 0 Å². The number of anilines is 3. The maximum Gasteiger partial charge on any atom is 0.0468 e. The van der Waals surface area contributed by atoms with Crippen molar-refractivity contribution in [3.05, 3.63) is 164 Å². The van der Waals surface area contributed by atoms with Crippen LogP contribution >= 0.6 is 11.3 Å². The smallest absolute Gasteiger partial charge is 0.0468 e. The van der Waals surface area contributed by atoms with E-state index < -0.39 is 0 Å². The molecule has 0 atom stereocenters. The molecule has 8 rings (SSSR count). The van der Waals surface area contributed by atoms with Crippen molar-refractivity contribution >= 4 is 59.3 Å². The van der Waals surface area contributed by atoms with Crippen LogP contribution in [-0.2, 0) is 0 Å². The van der Waals surface area contributed by atoms with Gasteiger partial charge in [0.25, 0.3) is 0 Å². The van der Waals surface area contributed by atoms with Crippen LogP contribution in [0.4, 0.5) is 17.1 Å². The van der Waals surface area contributed by atoms with Crippen molar-refractivity contribution in [2.45, 2.75) is 0 Å². The minimum atomic E-state index is 1.13. The summed E-state index contributed by atoms with van der Waals surface area (Å²) in [5, 5.41) is 5.22. The molecule has 2 heteroatoms. The highest BCUT2D eigenvalue weighted by Crippen LogP contribution is 2.43. The van der Waals surface area contributed by atoms with Crippen molar-refractivity contribution in [2.75, 3.05) is 4.90 Å². The van der Waals surface area contributed by atoms with Gasteiger partial charge in [-0.15, -0.1) is 11.3 Å². The Labute approximate surface area is 249 Å². The van der Waals surface area contributed by atoms with E-state index in [1.54, 1.807) is 0 Å². The standard InChI is InChI=1S/C40H27NS/c1-4-12-28(13-5-1)36-27-34(41(32-16-6-2-7-17-32)33-18-8-3-9-19-33)21-22-35(36)31-20-23-39-37(25-31)38-24-29-14-10-11-15-30(29)26-40(38)42-39/h1-27H. The Morgan fingerprint density at radius 1 is 0.357 bits per heavy atom. The Balaban J connectivity index is 1.33. The zero-order chi connectivity index (χ0) is 27.9. The minimum absolute atomic E-state index is 1.13. The first kappa shape index (κ1) is 24.6. The lowest BCUT2D eigenvalue weighted by Gasteiger charge is -2.26. The number of rotatable bonds is 5. The van der Waals surface area contributed by atoms with Gasteiger partial charge in [0, 0.05) is 37.2 Å². The highest BCUT2D eigenvalue weighted by molar-refractivity contribution is 7.25. The van der Waals surface area contributed by atoms with Crippen LogP contribution in [0, 0.1) is 0 Å². The molecule has 42 heavy (non-hydrogen) atoms. The Morgan fingerprint density at radius 2 is 0.952 bits per heavy atom. The second-order valence-corrected chi connectivity index (χ2v) is 11.7. The van der Waals surface area contributed by atoms with E-state index in [1.807, 2.05) is 11.3 Å². The number of benzene rings is 7. The lowest BCUT2D eigenvalue weighted by atomic mass is 9.92. The van der Waals surface area contributed by atoms with Gasteiger partial charge in [0.2, 0.25) is 0 Å². The van der Waals surface area contributed by atoms with Crippen molar-refractivity contribution < 1.29 is 0 Å². The Kier molecular flexibility index (Phi) is 6.05. The third kappa shape index (κ3) is 4.34. The number of thiophene rings is 1. The van der Waals surface area contributed by atoms with Crippen LogP contribution < -0.4 is 4.90 Å². The Hall–Kier alpha value is -5.18. The van der Waals surface area contributed by atoms with Gasteiger partial charge in [-0.2, -0.15) is 0 Å². The number of hydrogen-bond acceptors (Lipinski definition) is 2. The normalized spacial score (nSPS) is 11.3. The largest absolute Gasteiger partial charge is 0.310 e. The zero-order valence-electron chi connectivity index (χ0n) is 22.9. The van der Waals surface area contributed by atoms with Gasteiger partial charge in [-0.1, -0.05) is 103 Å². The summed E-state index contributed by atoms with van der Waals surface area (Å²) in [5.41, 5.74) is 8.28. The van der Waals surface area contributed by atoms with Crippen LogP contribution in [0.3, 0.4) is 0 Å². The van der Waals surface area contributed by atoms with E-state index in [9.17, 15) is 0 Å². The Morgan fingerprint density at radius 3 is 1.64 bits per heavy atom. The highest BCUT2D eigenvalue weighted by atomic mass is 32.1. The van der Waals surface area contributed by atoms with Crippen molar-refractivity contribution in [3.8, 4) is 22.3 Å². The number of hydrogen-bond donors (Lipinski definition) is 0. The summed E-state index contributed by atoms with van der Waals surface area (Å²) >= 11 is 1.88. The molecule has 0 aliphatic carbocycles. The molecular formula is C40H27NS. The molecule has 0 amide bonds. The number of para-hydroxylation sites is 2. The van der Waals surface area contributed by atoms with Crippen LogP contribution in [0.5, 0.6) is 0 Å². The van der Waals surface area contributed by atoms with Gasteiger partial charge in [0.1, 0.15) is 0 Å². The molecule has 0 saturated carbocycles. The lowest BCUT2D eigenvalue weighted by Crippen LogP contribution is -2.10. The third-order valence-corrected chi connectivity index (χ3v) is 9.16. The molecule has 0 unspecified atom stereocenters. The van der Waals surface area contributed by atoms with E-state index in [1.165, 1.54) is 53.2 Å². The molecule has 1 aromatic heterocycles. The molecule has 0 fully saturated rings. The fraction of sp³-hybridized carbons (Fsp3) is 0. The lowest BCUT2D eigenvalue weighted by molar-refractivity contribution is 1.28. The first-order valence-corrected chi connectivity index (χ1v) is 15.1. The van der Waals surface area contributed by atoms with Gasteiger partial charge in [0.15, 0.2) is 0 Å². The summed E-state index contributed by atoms with van der Waals surface area (Å²) in [6, 6.07) is 59.1. The fourth-order valence-electron chi connectivity index (χ4n) is 6.01. The van der Waals surface area contributed by atoms with Gasteiger partial charge in [-0.05, 0) is 93.7 Å². The summed E-state index contributed by atoms with van der Waals surface area (Å²) in [4.78, 5) is 2.33. The first-order valence-electron chi connectivity index (χ1n) is 14.3. The summed E-state index contributed by atoms with van der Waals surface area (Å²) in [6.45, 7) is 0. The van der Waals surface area contributed by atoms with E-state index in [0.717, 1.165) is 17.1 Å². The topological polar surface area (TPSA) is 3.24 Å². The van der Waals surface area contributed by atoms with Crippen molar-refractivity contribution in [2.24, 2.45) is 0 Å². The molecule has 0 N–H and O–H groups in total. The van der Waals surface area contributed by atoms with Gasteiger partial charge >= 0.3 is 0 Å². The van der Waals surface area contributed by atoms with Crippen molar-refractivity contribution in [3.63, 3.8) is 0 Å². The predicted molar refractivity (Wildman–Crippen MR) is 182 cm³/mol. The van der Waals surface area contributed by atoms with Gasteiger partial charge in [-0.3, -0.25) is 0 Å². The fourth-order valence-corrected chi connectivity index (χ4v) is 7.13. The first-order chi connectivity index (χ1) is 20.8. The van der Waals surface area contributed by atoms with Crippen molar-refractivity contribution in [1.29, 1.82) is 0 Å². The SMILES string of the molecule is c1ccc(-c2cc(N(c3ccccc3)c3ccccc3)ccc2-c2ccc3sc4cc5ccccc5cc4c3c2)cc1.